The van der Waals surface area contributed by atoms with Gasteiger partial charge in [0.2, 0.25) is 5.95 Å². The molecule has 0 aliphatic carbocycles. The summed E-state index contributed by atoms with van der Waals surface area (Å²) in [5.41, 5.74) is 9.13. The number of fused-ring (bicyclic) bond motifs is 1. The molecule has 0 amide bonds. The van der Waals surface area contributed by atoms with Crippen LogP contribution < -0.4 is 16.4 Å². The largest absolute Gasteiger partial charge is 0.375 e. The second kappa shape index (κ2) is 11.4. The van der Waals surface area contributed by atoms with Gasteiger partial charge in [-0.2, -0.15) is 4.98 Å². The van der Waals surface area contributed by atoms with Crippen molar-refractivity contribution in [1.82, 2.24) is 15.3 Å². The van der Waals surface area contributed by atoms with Gasteiger partial charge in [0.1, 0.15) is 5.82 Å². The molecule has 0 spiro atoms. The first-order valence-corrected chi connectivity index (χ1v) is 8.52. The predicted octanol–water partition coefficient (Wildman–Crippen LogP) is 2.87. The Hall–Kier alpha value is -1.31. The van der Waals surface area contributed by atoms with Gasteiger partial charge < -0.3 is 21.1 Å². The second-order valence-corrected chi connectivity index (χ2v) is 6.15. The minimum Gasteiger partial charge on any atom is -0.375 e. The standard InChI is InChI=1S/C17H22ClN5O.2ClH/c18-13-3-1-12(2-4-13)11-24-10-9-21-16-14-5-7-20-8-6-15(14)22-17(19)23-16;;/h1-4,20H,5-11H2,(H3,19,21,22,23);2*1H. The van der Waals surface area contributed by atoms with E-state index in [1.807, 2.05) is 24.3 Å². The van der Waals surface area contributed by atoms with E-state index in [-0.39, 0.29) is 24.8 Å². The molecule has 0 radical (unpaired) electrons. The molecule has 0 bridgehead atoms. The lowest BCUT2D eigenvalue weighted by Crippen LogP contribution is -2.16. The van der Waals surface area contributed by atoms with E-state index < -0.39 is 0 Å². The first-order valence-electron chi connectivity index (χ1n) is 8.14. The number of nitrogen functional groups attached to an aromatic ring is 1. The molecule has 2 aromatic rings. The lowest BCUT2D eigenvalue weighted by atomic mass is 10.1. The predicted molar refractivity (Wildman–Crippen MR) is 111 cm³/mol. The molecule has 0 unspecified atom stereocenters. The zero-order valence-corrected chi connectivity index (χ0v) is 16.7. The van der Waals surface area contributed by atoms with Gasteiger partial charge in [-0.1, -0.05) is 23.7 Å². The van der Waals surface area contributed by atoms with E-state index in [1.165, 1.54) is 0 Å². The molecule has 3 rings (SSSR count). The molecule has 6 nitrogen and oxygen atoms in total. The molecule has 1 aliphatic rings. The molecule has 2 heterocycles. The topological polar surface area (TPSA) is 85.1 Å². The Kier molecular flexibility index (Phi) is 9.98. The van der Waals surface area contributed by atoms with Gasteiger partial charge in [0.25, 0.3) is 0 Å². The average Bonchev–Trinajstić information content (AvgIpc) is 2.81. The van der Waals surface area contributed by atoms with Crippen LogP contribution in [0.3, 0.4) is 0 Å². The Morgan fingerprint density at radius 2 is 1.85 bits per heavy atom. The zero-order chi connectivity index (χ0) is 16.8. The van der Waals surface area contributed by atoms with E-state index in [1.54, 1.807) is 0 Å². The van der Waals surface area contributed by atoms with Crippen LogP contribution in [0, 0.1) is 0 Å². The Morgan fingerprint density at radius 1 is 1.12 bits per heavy atom. The number of anilines is 2. The quantitative estimate of drug-likeness (QED) is 0.623. The Bertz CT molecular complexity index is 685. The SMILES string of the molecule is Cl.Cl.Nc1nc2c(c(NCCOCc3ccc(Cl)cc3)n1)CCNCC2. The van der Waals surface area contributed by atoms with E-state index in [2.05, 4.69) is 20.6 Å². The number of hydrogen-bond donors (Lipinski definition) is 3. The normalized spacial score (nSPS) is 13.0. The molecule has 0 fully saturated rings. The van der Waals surface area contributed by atoms with Gasteiger partial charge in [0, 0.05) is 30.1 Å². The van der Waals surface area contributed by atoms with Crippen molar-refractivity contribution in [2.24, 2.45) is 0 Å². The van der Waals surface area contributed by atoms with Crippen LogP contribution >= 0.6 is 36.4 Å². The number of nitrogens with two attached hydrogens (primary N) is 1. The summed E-state index contributed by atoms with van der Waals surface area (Å²) in [5, 5.41) is 7.43. The van der Waals surface area contributed by atoms with E-state index >= 15 is 0 Å². The van der Waals surface area contributed by atoms with Gasteiger partial charge in [-0.25, -0.2) is 4.98 Å². The summed E-state index contributed by atoms with van der Waals surface area (Å²) in [5.74, 6) is 1.15. The number of aromatic nitrogens is 2. The van der Waals surface area contributed by atoms with Gasteiger partial charge >= 0.3 is 0 Å². The average molecular weight is 421 g/mol. The van der Waals surface area contributed by atoms with Gasteiger partial charge in [0.05, 0.1) is 18.9 Å². The van der Waals surface area contributed by atoms with Gasteiger partial charge in [-0.15, -0.1) is 24.8 Å². The van der Waals surface area contributed by atoms with Crippen molar-refractivity contribution in [1.29, 1.82) is 0 Å². The Labute approximate surface area is 171 Å². The van der Waals surface area contributed by atoms with Crippen molar-refractivity contribution in [2.45, 2.75) is 19.4 Å². The maximum Gasteiger partial charge on any atom is 0.222 e. The van der Waals surface area contributed by atoms with Crippen molar-refractivity contribution in [2.75, 3.05) is 37.3 Å². The summed E-state index contributed by atoms with van der Waals surface area (Å²) < 4.78 is 5.69. The second-order valence-electron chi connectivity index (χ2n) is 5.71. The van der Waals surface area contributed by atoms with E-state index in [0.29, 0.717) is 25.7 Å². The van der Waals surface area contributed by atoms with Crippen molar-refractivity contribution >= 4 is 48.2 Å². The van der Waals surface area contributed by atoms with Crippen molar-refractivity contribution in [3.63, 3.8) is 0 Å². The molecule has 26 heavy (non-hydrogen) atoms. The minimum atomic E-state index is 0. The summed E-state index contributed by atoms with van der Waals surface area (Å²) in [6.07, 6.45) is 1.79. The summed E-state index contributed by atoms with van der Waals surface area (Å²) in [6, 6.07) is 7.67. The number of nitrogens with one attached hydrogen (secondary N) is 2. The molecule has 0 saturated heterocycles. The molecule has 144 valence electrons. The fourth-order valence-corrected chi connectivity index (χ4v) is 2.85. The maximum atomic E-state index is 5.87. The molecule has 0 atom stereocenters. The van der Waals surface area contributed by atoms with Crippen LogP contribution in [-0.2, 0) is 24.2 Å². The van der Waals surface area contributed by atoms with Gasteiger partial charge in [-0.05, 0) is 30.7 Å². The van der Waals surface area contributed by atoms with Crippen molar-refractivity contribution < 1.29 is 4.74 Å². The number of nitrogens with zero attached hydrogens (tertiary/aromatic N) is 2. The minimum absolute atomic E-state index is 0. The monoisotopic (exact) mass is 419 g/mol. The first-order chi connectivity index (χ1) is 11.7. The number of benzene rings is 1. The maximum absolute atomic E-state index is 5.87. The van der Waals surface area contributed by atoms with Crippen LogP contribution in [0.25, 0.3) is 0 Å². The molecule has 4 N–H and O–H groups in total. The highest BCUT2D eigenvalue weighted by atomic mass is 35.5. The Morgan fingerprint density at radius 3 is 2.62 bits per heavy atom. The van der Waals surface area contributed by atoms with Crippen LogP contribution in [-0.4, -0.2) is 36.2 Å². The highest BCUT2D eigenvalue weighted by molar-refractivity contribution is 6.30. The van der Waals surface area contributed by atoms with Gasteiger partial charge in [0.15, 0.2) is 0 Å². The highest BCUT2D eigenvalue weighted by Gasteiger charge is 2.15. The fraction of sp³-hybridized carbons (Fsp3) is 0.412. The van der Waals surface area contributed by atoms with Crippen LogP contribution in [0.2, 0.25) is 5.02 Å². The number of ether oxygens (including phenoxy) is 1. The summed E-state index contributed by atoms with van der Waals surface area (Å²) in [4.78, 5) is 8.72. The van der Waals surface area contributed by atoms with Crippen LogP contribution in [0.5, 0.6) is 0 Å². The van der Waals surface area contributed by atoms with Crippen LogP contribution in [0.4, 0.5) is 11.8 Å². The zero-order valence-electron chi connectivity index (χ0n) is 14.3. The summed E-state index contributed by atoms with van der Waals surface area (Å²) in [6.45, 7) is 3.67. The lowest BCUT2D eigenvalue weighted by molar-refractivity contribution is 0.130. The highest BCUT2D eigenvalue weighted by Crippen LogP contribution is 2.20. The Balaban J connectivity index is 0.00000169. The van der Waals surface area contributed by atoms with Crippen molar-refractivity contribution in [3.8, 4) is 0 Å². The smallest absolute Gasteiger partial charge is 0.222 e. The number of rotatable bonds is 6. The lowest BCUT2D eigenvalue weighted by Gasteiger charge is -2.13. The summed E-state index contributed by atoms with van der Waals surface area (Å²) >= 11 is 5.87. The first kappa shape index (κ1) is 22.7. The summed E-state index contributed by atoms with van der Waals surface area (Å²) in [7, 11) is 0. The van der Waals surface area contributed by atoms with Crippen LogP contribution in [0.15, 0.2) is 24.3 Å². The number of halogens is 3. The molecular formula is C17H24Cl3N5O. The third-order valence-electron chi connectivity index (χ3n) is 3.92. The van der Waals surface area contributed by atoms with E-state index in [4.69, 9.17) is 22.1 Å². The van der Waals surface area contributed by atoms with E-state index in [0.717, 1.165) is 53.6 Å². The molecule has 0 saturated carbocycles. The third-order valence-corrected chi connectivity index (χ3v) is 4.17. The molecule has 1 aromatic heterocycles. The molecule has 1 aliphatic heterocycles. The van der Waals surface area contributed by atoms with Crippen molar-refractivity contribution in [3.05, 3.63) is 46.1 Å². The molecular weight excluding hydrogens is 397 g/mol. The number of hydrogen-bond acceptors (Lipinski definition) is 6. The third kappa shape index (κ3) is 6.45. The fourth-order valence-electron chi connectivity index (χ4n) is 2.72. The van der Waals surface area contributed by atoms with Gasteiger partial charge in [-0.3, -0.25) is 0 Å². The van der Waals surface area contributed by atoms with Crippen LogP contribution in [0.1, 0.15) is 16.8 Å². The molecule has 1 aromatic carbocycles. The molecule has 9 heteroatoms. The van der Waals surface area contributed by atoms with E-state index in [9.17, 15) is 0 Å².